The standard InChI is InChI=1S/C18H34N6O6/c1-10(2)15(18(29)30)24-17(28)12(6-7-13(21)25)23-16(27)11(5-3-4-8-19)22-14(26)9-20/h10-12,15H,3-9,19-20H2,1-2H3,(H2,21,25)(H,22,26)(H,23,27)(H,24,28)(H,29,30). The lowest BCUT2D eigenvalue weighted by Crippen LogP contribution is -2.57. The van der Waals surface area contributed by atoms with E-state index in [4.69, 9.17) is 17.2 Å². The number of unbranched alkanes of at least 4 members (excludes halogenated alkanes) is 1. The predicted molar refractivity (Wildman–Crippen MR) is 109 cm³/mol. The van der Waals surface area contributed by atoms with Crippen molar-refractivity contribution < 1.29 is 29.1 Å². The van der Waals surface area contributed by atoms with Crippen LogP contribution in [-0.4, -0.2) is 65.9 Å². The number of primary amides is 1. The van der Waals surface area contributed by atoms with E-state index in [1.807, 2.05) is 0 Å². The minimum Gasteiger partial charge on any atom is -0.480 e. The van der Waals surface area contributed by atoms with E-state index in [1.165, 1.54) is 0 Å². The molecule has 0 aromatic carbocycles. The van der Waals surface area contributed by atoms with Gasteiger partial charge in [0, 0.05) is 6.42 Å². The second-order valence-corrected chi connectivity index (χ2v) is 7.24. The number of rotatable bonds is 15. The van der Waals surface area contributed by atoms with E-state index >= 15 is 0 Å². The molecule has 3 unspecified atom stereocenters. The summed E-state index contributed by atoms with van der Waals surface area (Å²) >= 11 is 0. The molecule has 0 bridgehead atoms. The molecule has 4 amide bonds. The maximum absolute atomic E-state index is 12.7. The minimum atomic E-state index is -1.23. The molecule has 0 aromatic heterocycles. The van der Waals surface area contributed by atoms with Gasteiger partial charge in [-0.3, -0.25) is 19.2 Å². The molecule has 0 aliphatic rings. The number of carboxylic acids is 1. The fraction of sp³-hybridized carbons (Fsp3) is 0.722. The highest BCUT2D eigenvalue weighted by atomic mass is 16.4. The third-order valence-corrected chi connectivity index (χ3v) is 4.33. The van der Waals surface area contributed by atoms with E-state index in [0.29, 0.717) is 19.4 Å². The number of amides is 4. The first-order chi connectivity index (χ1) is 14.0. The van der Waals surface area contributed by atoms with Gasteiger partial charge in [-0.25, -0.2) is 4.79 Å². The number of aliphatic carboxylic acids is 1. The first kappa shape index (κ1) is 27.3. The zero-order chi connectivity index (χ0) is 23.3. The van der Waals surface area contributed by atoms with Crippen LogP contribution in [0.3, 0.4) is 0 Å². The summed E-state index contributed by atoms with van der Waals surface area (Å²) in [6, 6.07) is -3.35. The van der Waals surface area contributed by atoms with Gasteiger partial charge in [-0.05, 0) is 38.1 Å². The Morgan fingerprint density at radius 2 is 1.43 bits per heavy atom. The summed E-state index contributed by atoms with van der Waals surface area (Å²) in [7, 11) is 0. The molecule has 0 saturated heterocycles. The second-order valence-electron chi connectivity index (χ2n) is 7.24. The van der Waals surface area contributed by atoms with Gasteiger partial charge in [0.25, 0.3) is 0 Å². The number of carbonyl (C=O) groups is 5. The fourth-order valence-electron chi connectivity index (χ4n) is 2.61. The molecule has 0 radical (unpaired) electrons. The Kier molecular flexibility index (Phi) is 13.0. The highest BCUT2D eigenvalue weighted by molar-refractivity contribution is 5.93. The number of hydrogen-bond donors (Lipinski definition) is 7. The number of nitrogens with one attached hydrogen (secondary N) is 3. The van der Waals surface area contributed by atoms with Gasteiger partial charge < -0.3 is 38.3 Å². The van der Waals surface area contributed by atoms with Gasteiger partial charge in [-0.1, -0.05) is 13.8 Å². The molecule has 0 aromatic rings. The fourth-order valence-corrected chi connectivity index (χ4v) is 2.61. The monoisotopic (exact) mass is 430 g/mol. The zero-order valence-corrected chi connectivity index (χ0v) is 17.5. The zero-order valence-electron chi connectivity index (χ0n) is 17.5. The Morgan fingerprint density at radius 1 is 0.867 bits per heavy atom. The van der Waals surface area contributed by atoms with Gasteiger partial charge >= 0.3 is 5.97 Å². The number of carbonyl (C=O) groups excluding carboxylic acids is 4. The van der Waals surface area contributed by atoms with Crippen LogP contribution in [0.25, 0.3) is 0 Å². The van der Waals surface area contributed by atoms with E-state index in [-0.39, 0.29) is 25.8 Å². The molecule has 0 spiro atoms. The van der Waals surface area contributed by atoms with Crippen molar-refractivity contribution in [2.75, 3.05) is 13.1 Å². The molecule has 172 valence electrons. The van der Waals surface area contributed by atoms with Gasteiger partial charge in [0.05, 0.1) is 6.54 Å². The van der Waals surface area contributed by atoms with Crippen LogP contribution in [0.4, 0.5) is 0 Å². The number of nitrogens with two attached hydrogens (primary N) is 3. The first-order valence-electron chi connectivity index (χ1n) is 9.84. The van der Waals surface area contributed by atoms with Crippen molar-refractivity contribution in [2.45, 2.75) is 64.1 Å². The Bertz CT molecular complexity index is 612. The summed E-state index contributed by atoms with van der Waals surface area (Å²) in [5, 5.41) is 16.6. The van der Waals surface area contributed by atoms with Crippen LogP contribution in [0.1, 0.15) is 46.0 Å². The van der Waals surface area contributed by atoms with Crippen LogP contribution in [0.5, 0.6) is 0 Å². The molecular weight excluding hydrogens is 396 g/mol. The first-order valence-corrected chi connectivity index (χ1v) is 9.84. The average Bonchev–Trinajstić information content (AvgIpc) is 2.67. The Balaban J connectivity index is 5.38. The normalized spacial score (nSPS) is 13.8. The van der Waals surface area contributed by atoms with Crippen molar-refractivity contribution in [2.24, 2.45) is 23.1 Å². The van der Waals surface area contributed by atoms with Crippen molar-refractivity contribution in [1.29, 1.82) is 0 Å². The quantitative estimate of drug-likeness (QED) is 0.138. The van der Waals surface area contributed by atoms with Crippen molar-refractivity contribution in [3.8, 4) is 0 Å². The van der Waals surface area contributed by atoms with Crippen molar-refractivity contribution in [3.63, 3.8) is 0 Å². The smallest absolute Gasteiger partial charge is 0.326 e. The van der Waals surface area contributed by atoms with Crippen LogP contribution in [-0.2, 0) is 24.0 Å². The van der Waals surface area contributed by atoms with Crippen LogP contribution in [0.2, 0.25) is 0 Å². The van der Waals surface area contributed by atoms with Gasteiger partial charge in [0.2, 0.25) is 23.6 Å². The van der Waals surface area contributed by atoms with Gasteiger partial charge in [0.15, 0.2) is 0 Å². The van der Waals surface area contributed by atoms with E-state index in [0.717, 1.165) is 0 Å². The molecule has 3 atom stereocenters. The molecule has 0 rings (SSSR count). The van der Waals surface area contributed by atoms with E-state index in [9.17, 15) is 29.1 Å². The lowest BCUT2D eigenvalue weighted by molar-refractivity contribution is -0.143. The predicted octanol–water partition coefficient (Wildman–Crippen LogP) is -2.47. The number of carboxylic acid groups (broad SMARTS) is 1. The summed E-state index contributed by atoms with van der Waals surface area (Å²) in [4.78, 5) is 59.4. The molecule has 0 aliphatic carbocycles. The maximum Gasteiger partial charge on any atom is 0.326 e. The largest absolute Gasteiger partial charge is 0.480 e. The van der Waals surface area contributed by atoms with E-state index < -0.39 is 53.6 Å². The van der Waals surface area contributed by atoms with Crippen molar-refractivity contribution in [1.82, 2.24) is 16.0 Å². The molecule has 30 heavy (non-hydrogen) atoms. The third-order valence-electron chi connectivity index (χ3n) is 4.33. The topological polar surface area (TPSA) is 220 Å². The molecule has 0 fully saturated rings. The van der Waals surface area contributed by atoms with Crippen LogP contribution in [0.15, 0.2) is 0 Å². The summed E-state index contributed by atoms with van der Waals surface area (Å²) in [5.41, 5.74) is 15.9. The van der Waals surface area contributed by atoms with Crippen LogP contribution in [0, 0.1) is 5.92 Å². The van der Waals surface area contributed by atoms with Crippen molar-refractivity contribution >= 4 is 29.6 Å². The number of hydrogen-bond acceptors (Lipinski definition) is 7. The Morgan fingerprint density at radius 3 is 1.90 bits per heavy atom. The van der Waals surface area contributed by atoms with Gasteiger partial charge in [-0.2, -0.15) is 0 Å². The Labute approximate surface area is 175 Å². The molecular formula is C18H34N6O6. The lowest BCUT2D eigenvalue weighted by atomic mass is 10.0. The highest BCUT2D eigenvalue weighted by Gasteiger charge is 2.30. The van der Waals surface area contributed by atoms with Gasteiger partial charge in [-0.15, -0.1) is 0 Å². The minimum absolute atomic E-state index is 0.127. The van der Waals surface area contributed by atoms with Gasteiger partial charge in [0.1, 0.15) is 18.1 Å². The molecule has 0 saturated carbocycles. The summed E-state index contributed by atoms with van der Waals surface area (Å²) in [6.45, 7) is 3.33. The van der Waals surface area contributed by atoms with E-state index in [2.05, 4.69) is 16.0 Å². The van der Waals surface area contributed by atoms with Crippen LogP contribution >= 0.6 is 0 Å². The molecule has 0 aliphatic heterocycles. The molecule has 10 N–H and O–H groups in total. The average molecular weight is 431 g/mol. The lowest BCUT2D eigenvalue weighted by Gasteiger charge is -2.25. The van der Waals surface area contributed by atoms with Crippen molar-refractivity contribution in [3.05, 3.63) is 0 Å². The molecule has 12 nitrogen and oxygen atoms in total. The van der Waals surface area contributed by atoms with E-state index in [1.54, 1.807) is 13.8 Å². The van der Waals surface area contributed by atoms with Crippen LogP contribution < -0.4 is 33.2 Å². The third kappa shape index (κ3) is 10.7. The maximum atomic E-state index is 12.7. The summed E-state index contributed by atoms with van der Waals surface area (Å²) < 4.78 is 0. The SMILES string of the molecule is CC(C)C(NC(=O)C(CCC(N)=O)NC(=O)C(CCCCN)NC(=O)CN)C(=O)O. The molecule has 12 heteroatoms. The Hall–Kier alpha value is -2.73. The second kappa shape index (κ2) is 14.3. The molecule has 0 heterocycles. The summed E-state index contributed by atoms with van der Waals surface area (Å²) in [5.74, 6) is -4.30. The summed E-state index contributed by atoms with van der Waals surface area (Å²) in [6.07, 6.45) is 1.11. The highest BCUT2D eigenvalue weighted by Crippen LogP contribution is 2.07.